The summed E-state index contributed by atoms with van der Waals surface area (Å²) >= 11 is 5.14. The molecular formula is C10H15NS. The van der Waals surface area contributed by atoms with Gasteiger partial charge in [0.05, 0.1) is 0 Å². The Balaban J connectivity index is 1.90. The van der Waals surface area contributed by atoms with Crippen molar-refractivity contribution in [1.29, 1.82) is 0 Å². The van der Waals surface area contributed by atoms with Gasteiger partial charge in [0, 0.05) is 19.6 Å². The first-order valence-corrected chi connectivity index (χ1v) is 5.51. The predicted molar refractivity (Wildman–Crippen MR) is 53.3 cm³/mol. The van der Waals surface area contributed by atoms with Gasteiger partial charge in [0.15, 0.2) is 0 Å². The molecule has 3 saturated heterocycles. The second kappa shape index (κ2) is 2.52. The fourth-order valence-electron chi connectivity index (χ4n) is 3.67. The number of hydrogen-bond acceptors (Lipinski definition) is 2. The molecule has 0 N–H and O–H groups in total. The molecule has 4 fully saturated rings. The highest BCUT2D eigenvalue weighted by Gasteiger charge is 2.46. The summed E-state index contributed by atoms with van der Waals surface area (Å²) < 4.78 is 0. The lowest BCUT2D eigenvalue weighted by Crippen LogP contribution is -2.57. The Hall–Kier alpha value is 0.0500. The van der Waals surface area contributed by atoms with Gasteiger partial charge in [0.1, 0.15) is 0 Å². The Bertz CT molecular complexity index is 186. The maximum atomic E-state index is 5.14. The summed E-state index contributed by atoms with van der Waals surface area (Å²) in [5, 5.41) is 2.06. The normalized spacial score (nSPS) is 55.8. The third-order valence-corrected chi connectivity index (χ3v) is 4.33. The van der Waals surface area contributed by atoms with Crippen LogP contribution >= 0.6 is 12.2 Å². The Morgan fingerprint density at radius 2 is 1.75 bits per heavy atom. The predicted octanol–water partition coefficient (Wildman–Crippen LogP) is 1.57. The van der Waals surface area contributed by atoms with E-state index in [1.807, 2.05) is 0 Å². The van der Waals surface area contributed by atoms with E-state index in [9.17, 15) is 0 Å². The quantitative estimate of drug-likeness (QED) is 0.565. The highest BCUT2D eigenvalue weighted by atomic mass is 32.1. The van der Waals surface area contributed by atoms with Gasteiger partial charge in [-0.3, -0.25) is 0 Å². The van der Waals surface area contributed by atoms with Gasteiger partial charge in [-0.05, 0) is 41.9 Å². The first kappa shape index (κ1) is 7.45. The Labute approximate surface area is 79.1 Å². The van der Waals surface area contributed by atoms with Crippen molar-refractivity contribution >= 4 is 17.6 Å². The van der Waals surface area contributed by atoms with E-state index in [0.717, 1.165) is 23.7 Å². The van der Waals surface area contributed by atoms with Crippen LogP contribution < -0.4 is 0 Å². The zero-order valence-corrected chi connectivity index (χ0v) is 8.09. The van der Waals surface area contributed by atoms with E-state index in [-0.39, 0.29) is 0 Å². The van der Waals surface area contributed by atoms with Gasteiger partial charge in [0.25, 0.3) is 0 Å². The highest BCUT2D eigenvalue weighted by molar-refractivity contribution is 7.79. The van der Waals surface area contributed by atoms with Crippen molar-refractivity contribution in [3.05, 3.63) is 0 Å². The van der Waals surface area contributed by atoms with Crippen molar-refractivity contribution in [2.75, 3.05) is 19.6 Å². The minimum atomic E-state index is 0.785. The Morgan fingerprint density at radius 1 is 1.08 bits per heavy atom. The summed E-state index contributed by atoms with van der Waals surface area (Å²) in [6.45, 7) is 4.06. The molecule has 3 heterocycles. The molecule has 0 amide bonds. The third-order valence-electron chi connectivity index (χ3n) is 4.02. The van der Waals surface area contributed by atoms with E-state index in [1.165, 1.54) is 32.5 Å². The summed E-state index contributed by atoms with van der Waals surface area (Å²) in [5.74, 6) is 3.66. The summed E-state index contributed by atoms with van der Waals surface area (Å²) in [4.78, 5) is 2.66. The molecule has 0 radical (unpaired) electrons. The standard InChI is InChI=1S/C10H15NS/c12-6-10-8-1-7-2-9(10)5-11(3-7)4-8/h6-10H,1-5H2. The minimum absolute atomic E-state index is 0.785. The van der Waals surface area contributed by atoms with Gasteiger partial charge in [-0.1, -0.05) is 12.2 Å². The number of rotatable bonds is 1. The van der Waals surface area contributed by atoms with Crippen LogP contribution in [0.3, 0.4) is 0 Å². The van der Waals surface area contributed by atoms with Gasteiger partial charge in [-0.25, -0.2) is 0 Å². The molecule has 0 spiro atoms. The van der Waals surface area contributed by atoms with Crippen molar-refractivity contribution in [2.24, 2.45) is 23.7 Å². The van der Waals surface area contributed by atoms with Crippen LogP contribution in [0.25, 0.3) is 0 Å². The molecule has 0 aromatic carbocycles. The van der Waals surface area contributed by atoms with Gasteiger partial charge in [0.2, 0.25) is 0 Å². The van der Waals surface area contributed by atoms with Crippen molar-refractivity contribution in [2.45, 2.75) is 12.8 Å². The molecule has 1 aliphatic carbocycles. The minimum Gasteiger partial charge on any atom is -0.302 e. The summed E-state index contributed by atoms with van der Waals surface area (Å²) in [6.07, 6.45) is 2.93. The molecule has 1 saturated carbocycles. The van der Waals surface area contributed by atoms with Crippen LogP contribution in [0.1, 0.15) is 12.8 Å². The average molecular weight is 181 g/mol. The first-order chi connectivity index (χ1) is 5.86. The number of piperidine rings is 3. The van der Waals surface area contributed by atoms with Gasteiger partial charge >= 0.3 is 0 Å². The van der Waals surface area contributed by atoms with E-state index in [1.54, 1.807) is 0 Å². The highest BCUT2D eigenvalue weighted by Crippen LogP contribution is 2.46. The second-order valence-corrected chi connectivity index (χ2v) is 5.06. The maximum absolute atomic E-state index is 5.14. The number of nitrogens with zero attached hydrogens (tertiary/aromatic N) is 1. The van der Waals surface area contributed by atoms with E-state index >= 15 is 0 Å². The zero-order chi connectivity index (χ0) is 8.13. The van der Waals surface area contributed by atoms with Crippen LogP contribution in [0, 0.1) is 23.7 Å². The lowest BCUT2D eigenvalue weighted by atomic mass is 9.62. The summed E-state index contributed by atoms with van der Waals surface area (Å²) in [5.41, 5.74) is 0. The van der Waals surface area contributed by atoms with Crippen LogP contribution in [0.15, 0.2) is 0 Å². The largest absolute Gasteiger partial charge is 0.302 e. The smallest absolute Gasteiger partial charge is 0.00160 e. The topological polar surface area (TPSA) is 3.24 Å². The monoisotopic (exact) mass is 181 g/mol. The Kier molecular flexibility index (Phi) is 1.56. The third kappa shape index (κ3) is 0.912. The molecule has 66 valence electrons. The van der Waals surface area contributed by atoms with Gasteiger partial charge in [-0.2, -0.15) is 0 Å². The molecular weight excluding hydrogens is 166 g/mol. The molecule has 2 unspecified atom stereocenters. The van der Waals surface area contributed by atoms with Crippen LogP contribution in [0.4, 0.5) is 0 Å². The van der Waals surface area contributed by atoms with E-state index in [4.69, 9.17) is 12.2 Å². The zero-order valence-electron chi connectivity index (χ0n) is 7.28. The van der Waals surface area contributed by atoms with Gasteiger partial charge < -0.3 is 4.90 Å². The fraction of sp³-hybridized carbons (Fsp3) is 0.900. The van der Waals surface area contributed by atoms with E-state index in [0.29, 0.717) is 0 Å². The lowest BCUT2D eigenvalue weighted by Gasteiger charge is -2.55. The van der Waals surface area contributed by atoms with Crippen LogP contribution in [-0.2, 0) is 0 Å². The molecule has 2 atom stereocenters. The van der Waals surface area contributed by atoms with E-state index < -0.39 is 0 Å². The molecule has 0 aromatic heterocycles. The van der Waals surface area contributed by atoms with Crippen LogP contribution in [0.5, 0.6) is 0 Å². The first-order valence-electron chi connectivity index (χ1n) is 5.04. The van der Waals surface area contributed by atoms with Crippen molar-refractivity contribution < 1.29 is 0 Å². The van der Waals surface area contributed by atoms with Crippen molar-refractivity contribution in [3.63, 3.8) is 0 Å². The van der Waals surface area contributed by atoms with Crippen LogP contribution in [0.2, 0.25) is 0 Å². The van der Waals surface area contributed by atoms with Crippen molar-refractivity contribution in [1.82, 2.24) is 4.90 Å². The number of hydrogen-bond donors (Lipinski definition) is 0. The molecule has 4 aliphatic rings. The molecule has 2 heteroatoms. The molecule has 12 heavy (non-hydrogen) atoms. The molecule has 4 bridgehead atoms. The SMILES string of the molecule is S=CC1C2CC3CC1CN(C3)C2. The average Bonchev–Trinajstić information content (AvgIpc) is 2.02. The molecule has 3 aliphatic heterocycles. The Morgan fingerprint density at radius 3 is 2.25 bits per heavy atom. The maximum Gasteiger partial charge on any atom is 0.00160 e. The lowest BCUT2D eigenvalue weighted by molar-refractivity contribution is -0.0383. The molecule has 0 aromatic rings. The fourth-order valence-corrected chi connectivity index (χ4v) is 4.11. The van der Waals surface area contributed by atoms with E-state index in [2.05, 4.69) is 10.3 Å². The second-order valence-electron chi connectivity index (χ2n) is 4.79. The van der Waals surface area contributed by atoms with Crippen LogP contribution in [-0.4, -0.2) is 29.9 Å². The van der Waals surface area contributed by atoms with Gasteiger partial charge in [-0.15, -0.1) is 0 Å². The van der Waals surface area contributed by atoms with Crippen molar-refractivity contribution in [3.8, 4) is 0 Å². The molecule has 4 rings (SSSR count). The molecule has 1 nitrogen and oxygen atoms in total. The number of thiocarbonyl (C=S) groups is 1. The summed E-state index contributed by atoms with van der Waals surface area (Å²) in [6, 6.07) is 0. The summed E-state index contributed by atoms with van der Waals surface area (Å²) in [7, 11) is 0.